The molecule has 1 aromatic rings. The van der Waals surface area contributed by atoms with E-state index in [-0.39, 0.29) is 11.7 Å². The van der Waals surface area contributed by atoms with Crippen LogP contribution in [0.2, 0.25) is 0 Å². The molecule has 3 aliphatic rings. The number of likely N-dealkylation sites (tertiary alicyclic amines) is 2. The summed E-state index contributed by atoms with van der Waals surface area (Å²) >= 11 is 0. The molecule has 7 heteroatoms. The van der Waals surface area contributed by atoms with Gasteiger partial charge in [-0.1, -0.05) is 12.5 Å². The maximum atomic E-state index is 13.0. The van der Waals surface area contributed by atoms with E-state index in [2.05, 4.69) is 4.90 Å². The van der Waals surface area contributed by atoms with Gasteiger partial charge < -0.3 is 9.80 Å². The number of benzene rings is 1. The van der Waals surface area contributed by atoms with E-state index < -0.39 is 10.0 Å². The maximum absolute atomic E-state index is 13.0. The van der Waals surface area contributed by atoms with Crippen molar-refractivity contribution in [3.05, 3.63) is 29.8 Å². The third-order valence-electron chi connectivity index (χ3n) is 6.14. The van der Waals surface area contributed by atoms with Crippen LogP contribution in [0.25, 0.3) is 0 Å². The lowest BCUT2D eigenvalue weighted by Gasteiger charge is -2.40. The molecular weight excluding hydrogens is 362 g/mol. The number of amides is 1. The molecular formula is C20H29N3O3S. The highest BCUT2D eigenvalue weighted by Crippen LogP contribution is 2.26. The van der Waals surface area contributed by atoms with E-state index in [1.54, 1.807) is 24.3 Å². The molecule has 3 saturated heterocycles. The van der Waals surface area contributed by atoms with Crippen LogP contribution in [0.1, 0.15) is 48.9 Å². The van der Waals surface area contributed by atoms with Gasteiger partial charge in [-0.25, -0.2) is 8.42 Å². The van der Waals surface area contributed by atoms with Crippen molar-refractivity contribution in [2.75, 3.05) is 42.8 Å². The van der Waals surface area contributed by atoms with Gasteiger partial charge in [-0.15, -0.1) is 0 Å². The summed E-state index contributed by atoms with van der Waals surface area (Å²) in [5.74, 6) is 0.209. The van der Waals surface area contributed by atoms with Crippen molar-refractivity contribution in [3.63, 3.8) is 0 Å². The Labute approximate surface area is 162 Å². The van der Waals surface area contributed by atoms with Crippen LogP contribution in [0.5, 0.6) is 0 Å². The molecule has 0 aliphatic carbocycles. The quantitative estimate of drug-likeness (QED) is 0.793. The zero-order chi connectivity index (χ0) is 18.9. The summed E-state index contributed by atoms with van der Waals surface area (Å²) in [6.45, 7) is 4.47. The summed E-state index contributed by atoms with van der Waals surface area (Å²) in [6, 6.07) is 7.71. The standard InChI is InChI=1S/C20H29N3O3S/c24-20(22-13-8-18(9-14-22)21-10-2-1-3-11-21)17-6-4-7-19(16-17)23-12-5-15-27(23,25)26/h4,6-7,16,18H,1-3,5,8-15H2. The van der Waals surface area contributed by atoms with Crippen LogP contribution in [0, 0.1) is 0 Å². The van der Waals surface area contributed by atoms with Gasteiger partial charge in [0.2, 0.25) is 10.0 Å². The second-order valence-corrected chi connectivity index (χ2v) is 9.92. The molecule has 6 nitrogen and oxygen atoms in total. The van der Waals surface area contributed by atoms with Gasteiger partial charge in [0, 0.05) is 31.2 Å². The average Bonchev–Trinajstić information content (AvgIpc) is 3.07. The number of carbonyl (C=O) groups is 1. The Morgan fingerprint density at radius 1 is 0.926 bits per heavy atom. The lowest BCUT2D eigenvalue weighted by atomic mass is 9.99. The fraction of sp³-hybridized carbons (Fsp3) is 0.650. The normalized spacial score (nSPS) is 24.3. The Kier molecular flexibility index (Phi) is 5.41. The number of anilines is 1. The zero-order valence-electron chi connectivity index (χ0n) is 15.8. The van der Waals surface area contributed by atoms with Crippen molar-refractivity contribution in [2.45, 2.75) is 44.6 Å². The third-order valence-corrected chi connectivity index (χ3v) is 8.01. The Hall–Kier alpha value is -1.60. The summed E-state index contributed by atoms with van der Waals surface area (Å²) in [4.78, 5) is 17.5. The third kappa shape index (κ3) is 3.99. The molecule has 148 valence electrons. The first-order valence-electron chi connectivity index (χ1n) is 10.2. The van der Waals surface area contributed by atoms with Crippen LogP contribution < -0.4 is 4.31 Å². The summed E-state index contributed by atoms with van der Waals surface area (Å²) < 4.78 is 25.8. The predicted octanol–water partition coefficient (Wildman–Crippen LogP) is 2.32. The molecule has 0 atom stereocenters. The van der Waals surface area contributed by atoms with Crippen molar-refractivity contribution in [3.8, 4) is 0 Å². The number of nitrogens with zero attached hydrogens (tertiary/aromatic N) is 3. The van der Waals surface area contributed by atoms with E-state index in [9.17, 15) is 13.2 Å². The Morgan fingerprint density at radius 3 is 2.33 bits per heavy atom. The van der Waals surface area contributed by atoms with E-state index in [1.807, 2.05) is 4.90 Å². The van der Waals surface area contributed by atoms with Gasteiger partial charge in [0.1, 0.15) is 0 Å². The number of sulfonamides is 1. The summed E-state index contributed by atoms with van der Waals surface area (Å²) in [5.41, 5.74) is 1.20. The molecule has 0 spiro atoms. The van der Waals surface area contributed by atoms with Gasteiger partial charge in [-0.05, 0) is 63.4 Å². The van der Waals surface area contributed by atoms with Crippen molar-refractivity contribution < 1.29 is 13.2 Å². The Morgan fingerprint density at radius 2 is 1.67 bits per heavy atom. The molecule has 3 heterocycles. The van der Waals surface area contributed by atoms with Crippen LogP contribution in [-0.4, -0.2) is 68.6 Å². The zero-order valence-corrected chi connectivity index (χ0v) is 16.7. The molecule has 0 radical (unpaired) electrons. The fourth-order valence-electron chi connectivity index (χ4n) is 4.62. The molecule has 4 rings (SSSR count). The molecule has 0 N–H and O–H groups in total. The molecule has 1 aromatic carbocycles. The minimum Gasteiger partial charge on any atom is -0.339 e. The highest BCUT2D eigenvalue weighted by Gasteiger charge is 2.30. The highest BCUT2D eigenvalue weighted by molar-refractivity contribution is 7.93. The average molecular weight is 392 g/mol. The van der Waals surface area contributed by atoms with Crippen molar-refractivity contribution in [1.82, 2.24) is 9.80 Å². The first-order chi connectivity index (χ1) is 13.0. The van der Waals surface area contributed by atoms with E-state index in [1.165, 1.54) is 36.7 Å². The second-order valence-electron chi connectivity index (χ2n) is 7.91. The van der Waals surface area contributed by atoms with E-state index in [0.29, 0.717) is 30.3 Å². The van der Waals surface area contributed by atoms with Gasteiger partial charge in [-0.3, -0.25) is 9.10 Å². The molecule has 3 aliphatic heterocycles. The van der Waals surface area contributed by atoms with E-state index >= 15 is 0 Å². The molecule has 0 aromatic heterocycles. The molecule has 1 amide bonds. The monoisotopic (exact) mass is 391 g/mol. The van der Waals surface area contributed by atoms with Gasteiger partial charge in [0.05, 0.1) is 11.4 Å². The maximum Gasteiger partial charge on any atom is 0.253 e. The number of hydrogen-bond donors (Lipinski definition) is 0. The van der Waals surface area contributed by atoms with Crippen molar-refractivity contribution >= 4 is 21.6 Å². The topological polar surface area (TPSA) is 60.9 Å². The lowest BCUT2D eigenvalue weighted by Crippen LogP contribution is -2.48. The Bertz CT molecular complexity index is 781. The van der Waals surface area contributed by atoms with Gasteiger partial charge in [0.15, 0.2) is 0 Å². The van der Waals surface area contributed by atoms with Crippen LogP contribution >= 0.6 is 0 Å². The number of hydrogen-bond acceptors (Lipinski definition) is 4. The first kappa shape index (κ1) is 18.7. The molecule has 0 bridgehead atoms. The van der Waals surface area contributed by atoms with E-state index in [0.717, 1.165) is 25.9 Å². The fourth-order valence-corrected chi connectivity index (χ4v) is 6.18. The van der Waals surface area contributed by atoms with E-state index in [4.69, 9.17) is 0 Å². The van der Waals surface area contributed by atoms with Crippen molar-refractivity contribution in [2.24, 2.45) is 0 Å². The van der Waals surface area contributed by atoms with Gasteiger partial charge in [0.25, 0.3) is 5.91 Å². The number of carbonyl (C=O) groups excluding carboxylic acids is 1. The van der Waals surface area contributed by atoms with Crippen LogP contribution in [-0.2, 0) is 10.0 Å². The summed E-state index contributed by atoms with van der Waals surface area (Å²) in [5, 5.41) is 0. The number of rotatable bonds is 3. The molecule has 0 saturated carbocycles. The molecule has 0 unspecified atom stereocenters. The first-order valence-corrected chi connectivity index (χ1v) is 11.8. The van der Waals surface area contributed by atoms with Gasteiger partial charge in [-0.2, -0.15) is 0 Å². The smallest absolute Gasteiger partial charge is 0.253 e. The largest absolute Gasteiger partial charge is 0.339 e. The number of piperidine rings is 2. The molecule has 27 heavy (non-hydrogen) atoms. The lowest BCUT2D eigenvalue weighted by molar-refractivity contribution is 0.0590. The highest BCUT2D eigenvalue weighted by atomic mass is 32.2. The van der Waals surface area contributed by atoms with Gasteiger partial charge >= 0.3 is 0 Å². The SMILES string of the molecule is O=C(c1cccc(N2CCCS2(=O)=O)c1)N1CCC(N2CCCCC2)CC1. The van der Waals surface area contributed by atoms with Crippen LogP contribution in [0.4, 0.5) is 5.69 Å². The predicted molar refractivity (Wildman–Crippen MR) is 107 cm³/mol. The summed E-state index contributed by atoms with van der Waals surface area (Å²) in [7, 11) is -3.22. The Balaban J connectivity index is 1.41. The molecule has 3 fully saturated rings. The second kappa shape index (κ2) is 7.80. The minimum absolute atomic E-state index is 0.0190. The van der Waals surface area contributed by atoms with Crippen LogP contribution in [0.3, 0.4) is 0 Å². The van der Waals surface area contributed by atoms with Crippen LogP contribution in [0.15, 0.2) is 24.3 Å². The van der Waals surface area contributed by atoms with Crippen molar-refractivity contribution in [1.29, 1.82) is 0 Å². The minimum atomic E-state index is -3.22. The summed E-state index contributed by atoms with van der Waals surface area (Å²) in [6.07, 6.45) is 6.65.